The van der Waals surface area contributed by atoms with Crippen molar-refractivity contribution in [2.75, 3.05) is 0 Å². The summed E-state index contributed by atoms with van der Waals surface area (Å²) in [6.45, 7) is 0. The van der Waals surface area contributed by atoms with Crippen molar-refractivity contribution in [3.63, 3.8) is 0 Å². The van der Waals surface area contributed by atoms with Gasteiger partial charge in [0, 0.05) is 4.90 Å². The fourth-order valence-corrected chi connectivity index (χ4v) is 2.67. The third-order valence-corrected chi connectivity index (χ3v) is 3.78. The predicted molar refractivity (Wildman–Crippen MR) is 56.1 cm³/mol. The number of rotatable bonds is 3. The van der Waals surface area contributed by atoms with Crippen molar-refractivity contribution in [3.8, 4) is 5.75 Å². The molecule has 1 saturated heterocycles. The lowest BCUT2D eigenvalue weighted by Gasteiger charge is -2.25. The Morgan fingerprint density at radius 2 is 1.83 bits per heavy atom. The molecule has 1 aromatic rings. The van der Waals surface area contributed by atoms with Gasteiger partial charge in [0.05, 0.1) is 17.2 Å². The van der Waals surface area contributed by atoms with E-state index in [-0.39, 0.29) is 18.1 Å². The third-order valence-electron chi connectivity index (χ3n) is 2.24. The standard InChI is InChI=1S/C10H8F3NO3S/c11-10(12,13)17-6-1-3-7(4-2-6)18(16)9-5-8(15)14-9/h1-4,9H,5H2,(H,14,15). The van der Waals surface area contributed by atoms with Gasteiger partial charge in [-0.25, -0.2) is 0 Å². The van der Waals surface area contributed by atoms with E-state index in [1.807, 2.05) is 0 Å². The molecule has 1 amide bonds. The number of hydrogen-bond acceptors (Lipinski definition) is 3. The van der Waals surface area contributed by atoms with Gasteiger partial charge in [-0.15, -0.1) is 13.2 Å². The molecule has 1 aliphatic heterocycles. The number of amides is 1. The minimum absolute atomic E-state index is 0.160. The maximum Gasteiger partial charge on any atom is 0.573 e. The summed E-state index contributed by atoms with van der Waals surface area (Å²) in [5, 5.41) is 1.98. The topological polar surface area (TPSA) is 55.4 Å². The fraction of sp³-hybridized carbons (Fsp3) is 0.300. The van der Waals surface area contributed by atoms with Crippen LogP contribution in [0.3, 0.4) is 0 Å². The van der Waals surface area contributed by atoms with Gasteiger partial charge in [0.1, 0.15) is 11.1 Å². The predicted octanol–water partition coefficient (Wildman–Crippen LogP) is 1.54. The number of carbonyl (C=O) groups excluding carboxylic acids is 1. The first-order valence-corrected chi connectivity index (χ1v) is 6.12. The van der Waals surface area contributed by atoms with Crippen LogP contribution in [-0.4, -0.2) is 21.9 Å². The smallest absolute Gasteiger partial charge is 0.406 e. The van der Waals surface area contributed by atoms with E-state index in [2.05, 4.69) is 10.1 Å². The molecule has 1 aromatic carbocycles. The Kier molecular flexibility index (Phi) is 3.29. The molecule has 8 heteroatoms. The van der Waals surface area contributed by atoms with E-state index in [9.17, 15) is 22.2 Å². The van der Waals surface area contributed by atoms with Crippen molar-refractivity contribution in [2.45, 2.75) is 23.1 Å². The van der Waals surface area contributed by atoms with Gasteiger partial charge < -0.3 is 10.1 Å². The number of β-lactam (4-membered cyclic amide) rings is 1. The average molecular weight is 279 g/mol. The molecule has 1 N–H and O–H groups in total. The van der Waals surface area contributed by atoms with Crippen LogP contribution < -0.4 is 10.1 Å². The fourth-order valence-electron chi connectivity index (χ4n) is 1.40. The average Bonchev–Trinajstić information content (AvgIpc) is 2.23. The van der Waals surface area contributed by atoms with Gasteiger partial charge in [0.2, 0.25) is 5.91 Å². The zero-order valence-corrected chi connectivity index (χ0v) is 9.68. The maximum atomic E-state index is 11.9. The summed E-state index contributed by atoms with van der Waals surface area (Å²) in [4.78, 5) is 11.0. The van der Waals surface area contributed by atoms with Crippen LogP contribution >= 0.6 is 0 Å². The van der Waals surface area contributed by atoms with Crippen LogP contribution in [-0.2, 0) is 15.6 Å². The summed E-state index contributed by atoms with van der Waals surface area (Å²) in [5.41, 5.74) is 0. The molecule has 0 aromatic heterocycles. The van der Waals surface area contributed by atoms with Gasteiger partial charge in [0.25, 0.3) is 0 Å². The van der Waals surface area contributed by atoms with Gasteiger partial charge in [-0.05, 0) is 24.3 Å². The highest BCUT2D eigenvalue weighted by Gasteiger charge is 2.32. The van der Waals surface area contributed by atoms with E-state index in [4.69, 9.17) is 0 Å². The highest BCUT2D eigenvalue weighted by molar-refractivity contribution is 7.85. The molecular formula is C10H8F3NO3S. The zero-order valence-electron chi connectivity index (χ0n) is 8.86. The molecule has 0 saturated carbocycles. The molecule has 0 spiro atoms. The molecule has 1 heterocycles. The first-order chi connectivity index (χ1) is 8.35. The number of alkyl halides is 3. The Morgan fingerprint density at radius 3 is 2.28 bits per heavy atom. The van der Waals surface area contributed by atoms with Crippen molar-refractivity contribution < 1.29 is 26.9 Å². The molecule has 4 nitrogen and oxygen atoms in total. The van der Waals surface area contributed by atoms with Crippen LogP contribution in [0.25, 0.3) is 0 Å². The summed E-state index contributed by atoms with van der Waals surface area (Å²) in [6, 6.07) is 4.73. The monoisotopic (exact) mass is 279 g/mol. The maximum absolute atomic E-state index is 11.9. The van der Waals surface area contributed by atoms with Gasteiger partial charge in [0.15, 0.2) is 0 Å². The van der Waals surface area contributed by atoms with Crippen LogP contribution in [0.1, 0.15) is 6.42 Å². The Hall–Kier alpha value is -1.57. The summed E-state index contributed by atoms with van der Waals surface area (Å²) >= 11 is 0. The number of ether oxygens (including phenoxy) is 1. The largest absolute Gasteiger partial charge is 0.573 e. The molecule has 18 heavy (non-hydrogen) atoms. The minimum Gasteiger partial charge on any atom is -0.406 e. The summed E-state index contributed by atoms with van der Waals surface area (Å²) in [7, 11) is -1.46. The van der Waals surface area contributed by atoms with E-state index >= 15 is 0 Å². The lowest BCUT2D eigenvalue weighted by molar-refractivity contribution is -0.274. The molecule has 0 radical (unpaired) electrons. The minimum atomic E-state index is -4.75. The van der Waals surface area contributed by atoms with E-state index in [0.717, 1.165) is 12.1 Å². The van der Waals surface area contributed by atoms with E-state index in [1.54, 1.807) is 0 Å². The van der Waals surface area contributed by atoms with Crippen molar-refractivity contribution in [3.05, 3.63) is 24.3 Å². The molecule has 0 aliphatic carbocycles. The number of halogens is 3. The number of hydrogen-bond donors (Lipinski definition) is 1. The van der Waals surface area contributed by atoms with Gasteiger partial charge in [-0.3, -0.25) is 9.00 Å². The molecule has 2 atom stereocenters. The number of nitrogens with one attached hydrogen (secondary N) is 1. The van der Waals surface area contributed by atoms with Crippen molar-refractivity contribution >= 4 is 16.7 Å². The van der Waals surface area contributed by atoms with E-state index in [0.29, 0.717) is 4.90 Å². The van der Waals surface area contributed by atoms with E-state index in [1.165, 1.54) is 12.1 Å². The molecule has 0 bridgehead atoms. The second-order valence-electron chi connectivity index (χ2n) is 3.58. The number of carbonyl (C=O) groups is 1. The van der Waals surface area contributed by atoms with Crippen molar-refractivity contribution in [2.24, 2.45) is 0 Å². The highest BCUT2D eigenvalue weighted by Crippen LogP contribution is 2.25. The Bertz CT molecular complexity index is 478. The second kappa shape index (κ2) is 4.60. The Balaban J connectivity index is 2.03. The molecular weight excluding hydrogens is 271 g/mol. The zero-order chi connectivity index (χ0) is 13.3. The first kappa shape index (κ1) is 12.9. The molecule has 1 aliphatic rings. The molecule has 2 unspecified atom stereocenters. The second-order valence-corrected chi connectivity index (χ2v) is 5.21. The third kappa shape index (κ3) is 3.00. The highest BCUT2D eigenvalue weighted by atomic mass is 32.2. The van der Waals surface area contributed by atoms with Crippen LogP contribution in [0.2, 0.25) is 0 Å². The molecule has 98 valence electrons. The van der Waals surface area contributed by atoms with Gasteiger partial charge in [-0.1, -0.05) is 0 Å². The summed E-state index contributed by atoms with van der Waals surface area (Å²) in [6.07, 6.45) is -4.59. The van der Waals surface area contributed by atoms with Crippen LogP contribution in [0, 0.1) is 0 Å². The van der Waals surface area contributed by atoms with Crippen molar-refractivity contribution in [1.29, 1.82) is 0 Å². The van der Waals surface area contributed by atoms with Gasteiger partial charge >= 0.3 is 6.36 Å². The van der Waals surface area contributed by atoms with Crippen LogP contribution in [0.5, 0.6) is 5.75 Å². The van der Waals surface area contributed by atoms with Crippen LogP contribution in [0.4, 0.5) is 13.2 Å². The van der Waals surface area contributed by atoms with Gasteiger partial charge in [-0.2, -0.15) is 0 Å². The Morgan fingerprint density at radius 1 is 1.28 bits per heavy atom. The number of benzene rings is 1. The van der Waals surface area contributed by atoms with Crippen LogP contribution in [0.15, 0.2) is 29.2 Å². The lowest BCUT2D eigenvalue weighted by Crippen LogP contribution is -2.50. The summed E-state index contributed by atoms with van der Waals surface area (Å²) < 4.78 is 51.2. The van der Waals surface area contributed by atoms with Crippen molar-refractivity contribution in [1.82, 2.24) is 5.32 Å². The quantitative estimate of drug-likeness (QED) is 0.854. The molecule has 1 fully saturated rings. The molecule has 2 rings (SSSR count). The SMILES string of the molecule is O=C1CC(S(=O)c2ccc(OC(F)(F)F)cc2)N1. The first-order valence-electron chi connectivity index (χ1n) is 4.91. The Labute approximate surface area is 103 Å². The summed E-state index contributed by atoms with van der Waals surface area (Å²) in [5.74, 6) is -0.564. The van der Waals surface area contributed by atoms with E-state index < -0.39 is 22.5 Å². The normalized spacial score (nSPS) is 20.8. The lowest BCUT2D eigenvalue weighted by atomic mass is 10.3.